The Hall–Kier alpha value is -1.49. The van der Waals surface area contributed by atoms with E-state index in [-0.39, 0.29) is 12.0 Å². The van der Waals surface area contributed by atoms with E-state index in [0.29, 0.717) is 10.6 Å². The minimum atomic E-state index is -1.13. The molecule has 0 unspecified atom stereocenters. The van der Waals surface area contributed by atoms with Gasteiger partial charge in [0.25, 0.3) is 0 Å². The highest BCUT2D eigenvalue weighted by Crippen LogP contribution is 2.31. The van der Waals surface area contributed by atoms with E-state index in [1.54, 1.807) is 24.3 Å². The molecule has 0 aliphatic carbocycles. The Morgan fingerprint density at radius 3 is 2.29 bits per heavy atom. The first-order chi connectivity index (χ1) is 10.0. The summed E-state index contributed by atoms with van der Waals surface area (Å²) in [5.41, 5.74) is -0.457. The Bertz CT molecular complexity index is 627. The number of aliphatic hydroxyl groups excluding tert-OH is 2. The molecule has 21 heavy (non-hydrogen) atoms. The fourth-order valence-corrected chi connectivity index (χ4v) is 2.50. The standard InChI is InChI=1S/C16H15ClF2O2/c17-13-5-2-4-12(7-13)16(9-20,10-21)8-11-3-1-6-14(18)15(11)19/h1-7,20-21H,8-10H2. The summed E-state index contributed by atoms with van der Waals surface area (Å²) in [6.07, 6.45) is -0.0378. The third-order valence-electron chi connectivity index (χ3n) is 3.60. The van der Waals surface area contributed by atoms with E-state index in [1.165, 1.54) is 12.1 Å². The second-order valence-corrected chi connectivity index (χ2v) is 5.43. The summed E-state index contributed by atoms with van der Waals surface area (Å²) in [5, 5.41) is 19.9. The molecule has 0 amide bonds. The summed E-state index contributed by atoms with van der Waals surface area (Å²) < 4.78 is 27.1. The van der Waals surface area contributed by atoms with Crippen LogP contribution in [0.4, 0.5) is 8.78 Å². The van der Waals surface area contributed by atoms with Crippen molar-refractivity contribution in [1.29, 1.82) is 0 Å². The van der Waals surface area contributed by atoms with E-state index in [2.05, 4.69) is 0 Å². The maximum absolute atomic E-state index is 13.8. The quantitative estimate of drug-likeness (QED) is 0.891. The van der Waals surface area contributed by atoms with Gasteiger partial charge in [-0.25, -0.2) is 8.78 Å². The zero-order chi connectivity index (χ0) is 15.5. The van der Waals surface area contributed by atoms with E-state index in [9.17, 15) is 19.0 Å². The lowest BCUT2D eigenvalue weighted by Crippen LogP contribution is -2.37. The van der Waals surface area contributed by atoms with Crippen LogP contribution >= 0.6 is 11.6 Å². The minimum Gasteiger partial charge on any atom is -0.395 e. The van der Waals surface area contributed by atoms with Crippen molar-refractivity contribution in [2.75, 3.05) is 13.2 Å². The van der Waals surface area contributed by atoms with Crippen LogP contribution in [0.1, 0.15) is 11.1 Å². The molecule has 2 rings (SSSR count). The molecule has 0 atom stereocenters. The van der Waals surface area contributed by atoms with Crippen molar-refractivity contribution in [2.45, 2.75) is 11.8 Å². The molecule has 0 aliphatic heterocycles. The molecule has 0 fully saturated rings. The molecule has 0 aromatic heterocycles. The van der Waals surface area contributed by atoms with Crippen molar-refractivity contribution in [3.8, 4) is 0 Å². The van der Waals surface area contributed by atoms with Crippen molar-refractivity contribution < 1.29 is 19.0 Å². The summed E-state index contributed by atoms with van der Waals surface area (Å²) >= 11 is 5.93. The van der Waals surface area contributed by atoms with Crippen LogP contribution in [0.25, 0.3) is 0 Å². The fraction of sp³-hybridized carbons (Fsp3) is 0.250. The average molecular weight is 313 g/mol. The Kier molecular flexibility index (Phi) is 4.93. The van der Waals surface area contributed by atoms with Gasteiger partial charge in [0, 0.05) is 10.4 Å². The zero-order valence-corrected chi connectivity index (χ0v) is 11.9. The second kappa shape index (κ2) is 6.52. The molecule has 0 aliphatic rings. The maximum Gasteiger partial charge on any atom is 0.162 e. The van der Waals surface area contributed by atoms with Crippen LogP contribution in [-0.2, 0) is 11.8 Å². The summed E-state index contributed by atoms with van der Waals surface area (Å²) in [6, 6.07) is 10.5. The van der Waals surface area contributed by atoms with Gasteiger partial charge in [0.05, 0.1) is 13.2 Å². The average Bonchev–Trinajstić information content (AvgIpc) is 2.49. The fourth-order valence-electron chi connectivity index (χ4n) is 2.31. The maximum atomic E-state index is 13.8. The van der Waals surface area contributed by atoms with Crippen LogP contribution < -0.4 is 0 Å². The molecular formula is C16H15ClF2O2. The largest absolute Gasteiger partial charge is 0.395 e. The first-order valence-corrected chi connectivity index (χ1v) is 6.81. The highest BCUT2D eigenvalue weighted by atomic mass is 35.5. The molecule has 0 heterocycles. The van der Waals surface area contributed by atoms with Crippen LogP contribution in [0.15, 0.2) is 42.5 Å². The van der Waals surface area contributed by atoms with Crippen LogP contribution in [0.5, 0.6) is 0 Å². The minimum absolute atomic E-state index is 0.0378. The lowest BCUT2D eigenvalue weighted by atomic mass is 9.76. The van der Waals surface area contributed by atoms with E-state index in [1.807, 2.05) is 0 Å². The van der Waals surface area contributed by atoms with Gasteiger partial charge in [-0.2, -0.15) is 0 Å². The molecule has 2 nitrogen and oxygen atoms in total. The third kappa shape index (κ3) is 3.23. The van der Waals surface area contributed by atoms with Gasteiger partial charge in [-0.1, -0.05) is 35.9 Å². The van der Waals surface area contributed by atoms with Crippen LogP contribution in [-0.4, -0.2) is 23.4 Å². The van der Waals surface area contributed by atoms with E-state index in [0.717, 1.165) is 6.07 Å². The molecule has 2 aromatic rings. The molecule has 112 valence electrons. The molecule has 2 N–H and O–H groups in total. The highest BCUT2D eigenvalue weighted by Gasteiger charge is 2.33. The SMILES string of the molecule is OCC(CO)(Cc1cccc(F)c1F)c1cccc(Cl)c1. The smallest absolute Gasteiger partial charge is 0.162 e. The number of rotatable bonds is 5. The number of hydrogen-bond donors (Lipinski definition) is 2. The van der Waals surface area contributed by atoms with E-state index in [4.69, 9.17) is 11.6 Å². The van der Waals surface area contributed by atoms with E-state index < -0.39 is 30.3 Å². The van der Waals surface area contributed by atoms with E-state index >= 15 is 0 Å². The summed E-state index contributed by atoms with van der Waals surface area (Å²) in [5.74, 6) is -1.92. The predicted octanol–water partition coefficient (Wildman–Crippen LogP) is 3.08. The molecule has 0 saturated carbocycles. The van der Waals surface area contributed by atoms with Gasteiger partial charge >= 0.3 is 0 Å². The van der Waals surface area contributed by atoms with Crippen LogP contribution in [0, 0.1) is 11.6 Å². The number of hydrogen-bond acceptors (Lipinski definition) is 2. The summed E-state index contributed by atoms with van der Waals surface area (Å²) in [6.45, 7) is -0.834. The van der Waals surface area contributed by atoms with Crippen molar-refractivity contribution >= 4 is 11.6 Å². The second-order valence-electron chi connectivity index (χ2n) is 5.00. The van der Waals surface area contributed by atoms with Gasteiger partial charge in [-0.15, -0.1) is 0 Å². The van der Waals surface area contributed by atoms with Gasteiger partial charge in [0.15, 0.2) is 11.6 Å². The highest BCUT2D eigenvalue weighted by molar-refractivity contribution is 6.30. The molecule has 5 heteroatoms. The van der Waals surface area contributed by atoms with Crippen molar-refractivity contribution in [1.82, 2.24) is 0 Å². The van der Waals surface area contributed by atoms with Crippen molar-refractivity contribution in [2.24, 2.45) is 0 Å². The topological polar surface area (TPSA) is 40.5 Å². The Morgan fingerprint density at radius 1 is 1.00 bits per heavy atom. The molecule has 0 radical (unpaired) electrons. The Balaban J connectivity index is 2.45. The molecule has 0 saturated heterocycles. The summed E-state index contributed by atoms with van der Waals surface area (Å²) in [4.78, 5) is 0. The zero-order valence-electron chi connectivity index (χ0n) is 11.2. The van der Waals surface area contributed by atoms with Gasteiger partial charge in [0.2, 0.25) is 0 Å². The van der Waals surface area contributed by atoms with Gasteiger partial charge in [-0.05, 0) is 35.7 Å². The lowest BCUT2D eigenvalue weighted by molar-refractivity contribution is 0.115. The number of aliphatic hydroxyl groups is 2. The normalized spacial score (nSPS) is 11.7. The Labute approximate surface area is 126 Å². The van der Waals surface area contributed by atoms with Gasteiger partial charge in [-0.3, -0.25) is 0 Å². The molecule has 0 spiro atoms. The summed E-state index contributed by atoms with van der Waals surface area (Å²) in [7, 11) is 0. The van der Waals surface area contributed by atoms with Crippen LogP contribution in [0.2, 0.25) is 5.02 Å². The van der Waals surface area contributed by atoms with Gasteiger partial charge in [0.1, 0.15) is 0 Å². The first kappa shape index (κ1) is 15.9. The van der Waals surface area contributed by atoms with Crippen LogP contribution in [0.3, 0.4) is 0 Å². The third-order valence-corrected chi connectivity index (χ3v) is 3.84. The lowest BCUT2D eigenvalue weighted by Gasteiger charge is -2.31. The molecular weight excluding hydrogens is 298 g/mol. The van der Waals surface area contributed by atoms with Crippen molar-refractivity contribution in [3.63, 3.8) is 0 Å². The number of halogens is 3. The monoisotopic (exact) mass is 312 g/mol. The number of benzene rings is 2. The first-order valence-electron chi connectivity index (χ1n) is 6.43. The van der Waals surface area contributed by atoms with Gasteiger partial charge < -0.3 is 10.2 Å². The van der Waals surface area contributed by atoms with Crippen molar-refractivity contribution in [3.05, 3.63) is 70.2 Å². The Morgan fingerprint density at radius 2 is 1.67 bits per heavy atom. The molecule has 2 aromatic carbocycles. The molecule has 0 bridgehead atoms. The predicted molar refractivity (Wildman–Crippen MR) is 77.4 cm³/mol.